The van der Waals surface area contributed by atoms with Crippen LogP contribution in [0.3, 0.4) is 0 Å². The molecule has 0 aromatic heterocycles. The third-order valence-corrected chi connectivity index (χ3v) is 12.7. The molecule has 0 saturated heterocycles. The van der Waals surface area contributed by atoms with E-state index in [9.17, 15) is 14.4 Å². The molecule has 0 spiro atoms. The predicted octanol–water partition coefficient (Wildman–Crippen LogP) is 21.7. The van der Waals surface area contributed by atoms with Gasteiger partial charge in [0.05, 0.1) is 0 Å². The summed E-state index contributed by atoms with van der Waals surface area (Å²) in [6.07, 6.45) is 93.8. The van der Waals surface area contributed by atoms with E-state index in [0.29, 0.717) is 19.3 Å². The minimum absolute atomic E-state index is 0.104. The molecule has 1 unspecified atom stereocenters. The molecular formula is C72H114O6. The molecule has 1 atom stereocenters. The molecule has 0 fully saturated rings. The van der Waals surface area contributed by atoms with Gasteiger partial charge in [0.1, 0.15) is 13.2 Å². The first-order chi connectivity index (χ1) is 38.5. The van der Waals surface area contributed by atoms with Crippen molar-refractivity contribution in [2.45, 2.75) is 264 Å². The van der Waals surface area contributed by atoms with E-state index in [1.54, 1.807) is 0 Å². The summed E-state index contributed by atoms with van der Waals surface area (Å²) in [5, 5.41) is 0. The fourth-order valence-corrected chi connectivity index (χ4v) is 8.08. The van der Waals surface area contributed by atoms with Gasteiger partial charge in [0.25, 0.3) is 0 Å². The first kappa shape index (κ1) is 73.0. The number of unbranched alkanes of at least 4 members (excludes halogenated alkanes) is 18. The van der Waals surface area contributed by atoms with Crippen LogP contribution in [0.5, 0.6) is 0 Å². The Morgan fingerprint density at radius 3 is 0.782 bits per heavy atom. The van der Waals surface area contributed by atoms with Gasteiger partial charge in [-0.1, -0.05) is 256 Å². The summed E-state index contributed by atoms with van der Waals surface area (Å²) in [5.74, 6) is -0.954. The van der Waals surface area contributed by atoms with E-state index in [2.05, 4.69) is 179 Å². The van der Waals surface area contributed by atoms with Crippen LogP contribution in [0.25, 0.3) is 0 Å². The predicted molar refractivity (Wildman–Crippen MR) is 338 cm³/mol. The average Bonchev–Trinajstić information content (AvgIpc) is 3.44. The standard InChI is InChI=1S/C72H114O6/c1-4-7-10-13-16-19-22-25-28-30-32-33-34-35-36-37-38-39-41-42-44-47-50-53-56-59-62-65-71(74)77-68-69(67-76-70(73)64-61-58-55-52-49-46-27-24-21-18-15-12-9-6-3)78-72(75)66-63-60-57-54-51-48-45-43-40-31-29-26-23-20-17-14-11-8-5-2/h7-8,10-11,15-20,24-29,32-33,35-36,38-40,42-44,69H,4-6,9,12-14,21-23,30-31,34,37,41,45-68H2,1-3H3/b10-7-,11-8-,18-15-,19-16-,20-17-,27-24-,28-25-,29-26-,33-32-,36-35-,39-38-,43-40-,44-42-. The fraction of sp³-hybridized carbons (Fsp3) is 0.597. The van der Waals surface area contributed by atoms with Crippen molar-refractivity contribution in [3.8, 4) is 0 Å². The van der Waals surface area contributed by atoms with Gasteiger partial charge >= 0.3 is 17.9 Å². The van der Waals surface area contributed by atoms with Crippen molar-refractivity contribution in [3.05, 3.63) is 158 Å². The van der Waals surface area contributed by atoms with Crippen LogP contribution >= 0.6 is 0 Å². The Morgan fingerprint density at radius 1 is 0.269 bits per heavy atom. The molecular weight excluding hydrogens is 961 g/mol. The number of allylic oxidation sites excluding steroid dienone is 26. The zero-order chi connectivity index (χ0) is 56.4. The summed E-state index contributed by atoms with van der Waals surface area (Å²) in [5.41, 5.74) is 0. The number of rotatable bonds is 55. The highest BCUT2D eigenvalue weighted by molar-refractivity contribution is 5.71. The Balaban J connectivity index is 4.46. The van der Waals surface area contributed by atoms with Gasteiger partial charge in [-0.15, -0.1) is 0 Å². The number of hydrogen-bond donors (Lipinski definition) is 0. The average molecular weight is 1080 g/mol. The molecule has 0 aromatic carbocycles. The van der Waals surface area contributed by atoms with Gasteiger partial charge in [0.15, 0.2) is 6.10 Å². The van der Waals surface area contributed by atoms with Gasteiger partial charge in [-0.25, -0.2) is 0 Å². The van der Waals surface area contributed by atoms with Crippen LogP contribution in [0.2, 0.25) is 0 Å². The van der Waals surface area contributed by atoms with Crippen molar-refractivity contribution >= 4 is 17.9 Å². The summed E-state index contributed by atoms with van der Waals surface area (Å²) in [7, 11) is 0. The van der Waals surface area contributed by atoms with E-state index in [1.807, 2.05) is 0 Å². The summed E-state index contributed by atoms with van der Waals surface area (Å²) >= 11 is 0. The maximum absolute atomic E-state index is 12.9. The maximum atomic E-state index is 12.9. The topological polar surface area (TPSA) is 78.9 Å². The van der Waals surface area contributed by atoms with Gasteiger partial charge in [-0.05, 0) is 141 Å². The number of carbonyl (C=O) groups excluding carboxylic acids is 3. The minimum Gasteiger partial charge on any atom is -0.462 e. The van der Waals surface area contributed by atoms with E-state index < -0.39 is 6.10 Å². The molecule has 6 heteroatoms. The lowest BCUT2D eigenvalue weighted by Crippen LogP contribution is -2.30. The van der Waals surface area contributed by atoms with Gasteiger partial charge in [-0.3, -0.25) is 14.4 Å². The minimum atomic E-state index is -0.809. The highest BCUT2D eigenvalue weighted by atomic mass is 16.6. The quantitative estimate of drug-likeness (QED) is 0.0261. The molecule has 0 rings (SSSR count). The second-order valence-corrected chi connectivity index (χ2v) is 20.2. The summed E-state index contributed by atoms with van der Waals surface area (Å²) in [6.45, 7) is 6.33. The SMILES string of the molecule is CC/C=C\C/C=C\C/C=C\C/C=C\C/C=C\C/C=C\C/C=C\CCCCCCCC(=O)OCC(COC(=O)CCCCCCC/C=C\C/C=C\CCCC)OC(=O)CCCCCCCC/C=C\C/C=C\C/C=C\C/C=C\CC. The van der Waals surface area contributed by atoms with E-state index in [-0.39, 0.29) is 31.1 Å². The second-order valence-electron chi connectivity index (χ2n) is 20.2. The molecule has 0 aliphatic rings. The molecule has 78 heavy (non-hydrogen) atoms. The monoisotopic (exact) mass is 1070 g/mol. The van der Waals surface area contributed by atoms with Crippen LogP contribution in [-0.4, -0.2) is 37.2 Å². The molecule has 438 valence electrons. The number of hydrogen-bond acceptors (Lipinski definition) is 6. The van der Waals surface area contributed by atoms with Crippen molar-refractivity contribution in [2.75, 3.05) is 13.2 Å². The van der Waals surface area contributed by atoms with Crippen LogP contribution in [0.4, 0.5) is 0 Å². The molecule has 0 amide bonds. The Bertz CT molecular complexity index is 1760. The highest BCUT2D eigenvalue weighted by Crippen LogP contribution is 2.14. The Hall–Kier alpha value is -4.97. The fourth-order valence-electron chi connectivity index (χ4n) is 8.08. The van der Waals surface area contributed by atoms with E-state index in [0.717, 1.165) is 186 Å². The van der Waals surface area contributed by atoms with Crippen LogP contribution in [0.15, 0.2) is 158 Å². The largest absolute Gasteiger partial charge is 0.462 e. The van der Waals surface area contributed by atoms with Crippen molar-refractivity contribution < 1.29 is 28.6 Å². The van der Waals surface area contributed by atoms with Gasteiger partial charge in [0, 0.05) is 19.3 Å². The van der Waals surface area contributed by atoms with Crippen molar-refractivity contribution in [1.29, 1.82) is 0 Å². The second kappa shape index (κ2) is 64.6. The molecule has 0 radical (unpaired) electrons. The van der Waals surface area contributed by atoms with Crippen LogP contribution in [-0.2, 0) is 28.6 Å². The van der Waals surface area contributed by atoms with Gasteiger partial charge in [0.2, 0.25) is 0 Å². The van der Waals surface area contributed by atoms with Crippen molar-refractivity contribution in [3.63, 3.8) is 0 Å². The summed E-state index contributed by atoms with van der Waals surface area (Å²) in [4.78, 5) is 38.3. The summed E-state index contributed by atoms with van der Waals surface area (Å²) < 4.78 is 16.9. The Kier molecular flexibility index (Phi) is 60.4. The normalized spacial score (nSPS) is 13.2. The Morgan fingerprint density at radius 2 is 0.500 bits per heavy atom. The van der Waals surface area contributed by atoms with Crippen LogP contribution in [0, 0.1) is 0 Å². The first-order valence-corrected chi connectivity index (χ1v) is 31.5. The number of carbonyl (C=O) groups is 3. The smallest absolute Gasteiger partial charge is 0.306 e. The molecule has 0 aromatic rings. The van der Waals surface area contributed by atoms with Crippen LogP contribution < -0.4 is 0 Å². The highest BCUT2D eigenvalue weighted by Gasteiger charge is 2.19. The van der Waals surface area contributed by atoms with E-state index >= 15 is 0 Å². The molecule has 0 heterocycles. The number of ether oxygens (including phenoxy) is 3. The molecule has 0 bridgehead atoms. The molecule has 0 aliphatic heterocycles. The maximum Gasteiger partial charge on any atom is 0.306 e. The lowest BCUT2D eigenvalue weighted by atomic mass is 10.1. The zero-order valence-corrected chi connectivity index (χ0v) is 50.1. The molecule has 0 N–H and O–H groups in total. The lowest BCUT2D eigenvalue weighted by Gasteiger charge is -2.18. The van der Waals surface area contributed by atoms with E-state index in [1.165, 1.54) is 32.1 Å². The van der Waals surface area contributed by atoms with Gasteiger partial charge < -0.3 is 14.2 Å². The molecule has 0 saturated carbocycles. The summed E-state index contributed by atoms with van der Waals surface area (Å²) in [6, 6.07) is 0. The van der Waals surface area contributed by atoms with Crippen molar-refractivity contribution in [2.24, 2.45) is 0 Å². The molecule has 6 nitrogen and oxygen atoms in total. The third kappa shape index (κ3) is 61.9. The number of esters is 3. The third-order valence-electron chi connectivity index (χ3n) is 12.7. The Labute approximate surface area is 480 Å². The van der Waals surface area contributed by atoms with Crippen molar-refractivity contribution in [1.82, 2.24) is 0 Å². The zero-order valence-electron chi connectivity index (χ0n) is 50.1. The van der Waals surface area contributed by atoms with E-state index in [4.69, 9.17) is 14.2 Å². The lowest BCUT2D eigenvalue weighted by molar-refractivity contribution is -0.167. The first-order valence-electron chi connectivity index (χ1n) is 31.5. The molecule has 0 aliphatic carbocycles. The van der Waals surface area contributed by atoms with Gasteiger partial charge in [-0.2, -0.15) is 0 Å². The van der Waals surface area contributed by atoms with Crippen LogP contribution in [0.1, 0.15) is 258 Å².